The van der Waals surface area contributed by atoms with Gasteiger partial charge in [0.25, 0.3) is 5.69 Å². The fourth-order valence-electron chi connectivity index (χ4n) is 2.42. The topological polar surface area (TPSA) is 60.1 Å². The summed E-state index contributed by atoms with van der Waals surface area (Å²) in [7, 11) is 0. The molecule has 6 heteroatoms. The summed E-state index contributed by atoms with van der Waals surface area (Å²) in [4.78, 5) is 10.8. The van der Waals surface area contributed by atoms with Gasteiger partial charge in [0, 0.05) is 29.0 Å². The van der Waals surface area contributed by atoms with Crippen LogP contribution in [-0.2, 0) is 6.54 Å². The van der Waals surface area contributed by atoms with Gasteiger partial charge < -0.3 is 9.88 Å². The van der Waals surface area contributed by atoms with E-state index in [-0.39, 0.29) is 16.7 Å². The first-order valence-electron chi connectivity index (χ1n) is 6.84. The lowest BCUT2D eigenvalue weighted by Gasteiger charge is -2.16. The molecule has 0 saturated heterocycles. The molecule has 0 radical (unpaired) electrons. The highest BCUT2D eigenvalue weighted by atomic mass is 35.5. The second-order valence-electron chi connectivity index (χ2n) is 4.87. The quantitative estimate of drug-likeness (QED) is 0.653. The number of nitro benzene ring substituents is 1. The Labute approximate surface area is 128 Å². The van der Waals surface area contributed by atoms with Gasteiger partial charge in [0.2, 0.25) is 0 Å². The van der Waals surface area contributed by atoms with Crippen molar-refractivity contribution in [3.8, 4) is 0 Å². The maximum Gasteiger partial charge on any atom is 0.274 e. The maximum atomic E-state index is 11.1. The van der Waals surface area contributed by atoms with Crippen LogP contribution in [0.2, 0.25) is 5.02 Å². The lowest BCUT2D eigenvalue weighted by molar-refractivity contribution is -0.385. The third kappa shape index (κ3) is 3.62. The number of nitro groups is 1. The van der Waals surface area contributed by atoms with Gasteiger partial charge in [0.15, 0.2) is 0 Å². The Kier molecular flexibility index (Phi) is 4.98. The van der Waals surface area contributed by atoms with Gasteiger partial charge in [-0.3, -0.25) is 10.1 Å². The second-order valence-corrected chi connectivity index (χ2v) is 5.31. The van der Waals surface area contributed by atoms with Crippen LogP contribution >= 0.6 is 11.6 Å². The van der Waals surface area contributed by atoms with Crippen LogP contribution in [0.4, 0.5) is 5.69 Å². The van der Waals surface area contributed by atoms with Crippen LogP contribution in [0.1, 0.15) is 31.1 Å². The number of benzene rings is 1. The maximum absolute atomic E-state index is 11.1. The van der Waals surface area contributed by atoms with Crippen molar-refractivity contribution < 1.29 is 4.92 Å². The van der Waals surface area contributed by atoms with Crippen LogP contribution in [-0.4, -0.2) is 16.0 Å². The fourth-order valence-corrected chi connectivity index (χ4v) is 2.61. The van der Waals surface area contributed by atoms with Gasteiger partial charge >= 0.3 is 0 Å². The van der Waals surface area contributed by atoms with Crippen LogP contribution in [0.3, 0.4) is 0 Å². The van der Waals surface area contributed by atoms with E-state index in [2.05, 4.69) is 12.2 Å². The minimum Gasteiger partial charge on any atom is -0.345 e. The van der Waals surface area contributed by atoms with Crippen molar-refractivity contribution in [3.63, 3.8) is 0 Å². The zero-order valence-electron chi connectivity index (χ0n) is 12.0. The molecular weight excluding hydrogens is 290 g/mol. The third-order valence-corrected chi connectivity index (χ3v) is 3.63. The Morgan fingerprint density at radius 2 is 2.19 bits per heavy atom. The van der Waals surface area contributed by atoms with Crippen LogP contribution in [0.25, 0.3) is 0 Å². The molecule has 1 unspecified atom stereocenters. The Morgan fingerprint density at radius 3 is 2.86 bits per heavy atom. The van der Waals surface area contributed by atoms with Crippen molar-refractivity contribution in [1.29, 1.82) is 0 Å². The highest BCUT2D eigenvalue weighted by Crippen LogP contribution is 2.25. The summed E-state index contributed by atoms with van der Waals surface area (Å²) >= 11 is 5.97. The molecule has 0 bridgehead atoms. The minimum absolute atomic E-state index is 0.0927. The molecule has 2 rings (SSSR count). The first-order chi connectivity index (χ1) is 10.0. The predicted octanol–water partition coefficient (Wildman–Crippen LogP) is 3.77. The first-order valence-corrected chi connectivity index (χ1v) is 7.22. The van der Waals surface area contributed by atoms with Crippen molar-refractivity contribution in [3.05, 3.63) is 62.9 Å². The number of nitrogens with one attached hydrogen (secondary N) is 1. The number of rotatable bonds is 6. The van der Waals surface area contributed by atoms with E-state index in [9.17, 15) is 10.1 Å². The van der Waals surface area contributed by atoms with E-state index in [1.165, 1.54) is 6.07 Å². The molecule has 21 heavy (non-hydrogen) atoms. The van der Waals surface area contributed by atoms with Crippen LogP contribution in [0.15, 0.2) is 36.5 Å². The molecule has 112 valence electrons. The molecule has 1 aromatic heterocycles. The summed E-state index contributed by atoms with van der Waals surface area (Å²) in [5, 5.41) is 15.0. The SMILES string of the molecule is CCNC(C)c1cccn1Cc1cc(Cl)ccc1[N+](=O)[O-]. The molecule has 0 aliphatic heterocycles. The minimum atomic E-state index is -0.372. The molecule has 0 aliphatic carbocycles. The molecular formula is C15H18ClN3O2. The Hall–Kier alpha value is -1.85. The van der Waals surface area contributed by atoms with Crippen molar-refractivity contribution >= 4 is 17.3 Å². The summed E-state index contributed by atoms with van der Waals surface area (Å²) in [5.41, 5.74) is 1.79. The van der Waals surface area contributed by atoms with E-state index >= 15 is 0 Å². The van der Waals surface area contributed by atoms with Gasteiger partial charge in [-0.1, -0.05) is 18.5 Å². The summed E-state index contributed by atoms with van der Waals surface area (Å²) in [6, 6.07) is 8.79. The molecule has 0 saturated carbocycles. The fraction of sp³-hybridized carbons (Fsp3) is 0.333. The Bertz CT molecular complexity index is 640. The molecule has 1 heterocycles. The van der Waals surface area contributed by atoms with E-state index in [0.29, 0.717) is 17.1 Å². The molecule has 0 amide bonds. The van der Waals surface area contributed by atoms with Gasteiger partial charge in [-0.15, -0.1) is 0 Å². The standard InChI is InChI=1S/C15H18ClN3O2/c1-3-17-11(2)14-5-4-8-18(14)10-12-9-13(16)6-7-15(12)19(20)21/h4-9,11,17H,3,10H2,1-2H3. The van der Waals surface area contributed by atoms with E-state index < -0.39 is 0 Å². The summed E-state index contributed by atoms with van der Waals surface area (Å²) in [6.07, 6.45) is 1.92. The monoisotopic (exact) mass is 307 g/mol. The highest BCUT2D eigenvalue weighted by molar-refractivity contribution is 6.30. The summed E-state index contributed by atoms with van der Waals surface area (Å²) < 4.78 is 2.01. The van der Waals surface area contributed by atoms with Crippen molar-refractivity contribution in [2.45, 2.75) is 26.4 Å². The average Bonchev–Trinajstić information content (AvgIpc) is 2.87. The number of halogens is 1. The molecule has 1 atom stereocenters. The van der Waals surface area contributed by atoms with Crippen LogP contribution in [0, 0.1) is 10.1 Å². The first kappa shape index (κ1) is 15.5. The summed E-state index contributed by atoms with van der Waals surface area (Å²) in [6.45, 7) is 5.41. The molecule has 1 aromatic carbocycles. The smallest absolute Gasteiger partial charge is 0.274 e. The van der Waals surface area contributed by atoms with E-state index in [1.54, 1.807) is 12.1 Å². The Morgan fingerprint density at radius 1 is 1.43 bits per heavy atom. The number of aromatic nitrogens is 1. The van der Waals surface area contributed by atoms with E-state index in [1.807, 2.05) is 29.8 Å². The highest BCUT2D eigenvalue weighted by Gasteiger charge is 2.16. The zero-order valence-corrected chi connectivity index (χ0v) is 12.8. The largest absolute Gasteiger partial charge is 0.345 e. The van der Waals surface area contributed by atoms with Gasteiger partial charge in [-0.25, -0.2) is 0 Å². The molecule has 0 spiro atoms. The van der Waals surface area contributed by atoms with E-state index in [0.717, 1.165) is 12.2 Å². The van der Waals surface area contributed by atoms with Gasteiger partial charge in [-0.2, -0.15) is 0 Å². The molecule has 1 N–H and O–H groups in total. The van der Waals surface area contributed by atoms with Gasteiger partial charge in [0.05, 0.1) is 17.0 Å². The predicted molar refractivity (Wildman–Crippen MR) is 83.7 cm³/mol. The molecule has 5 nitrogen and oxygen atoms in total. The Balaban J connectivity index is 2.33. The van der Waals surface area contributed by atoms with E-state index in [4.69, 9.17) is 11.6 Å². The van der Waals surface area contributed by atoms with Crippen molar-refractivity contribution in [2.75, 3.05) is 6.54 Å². The molecule has 0 fully saturated rings. The second kappa shape index (κ2) is 6.74. The average molecular weight is 308 g/mol. The van der Waals surface area contributed by atoms with Crippen molar-refractivity contribution in [1.82, 2.24) is 9.88 Å². The zero-order chi connectivity index (χ0) is 15.4. The van der Waals surface area contributed by atoms with Gasteiger partial charge in [-0.05, 0) is 37.7 Å². The van der Waals surface area contributed by atoms with Crippen LogP contribution in [0.5, 0.6) is 0 Å². The number of nitrogens with zero attached hydrogens (tertiary/aromatic N) is 2. The van der Waals surface area contributed by atoms with Gasteiger partial charge in [0.1, 0.15) is 0 Å². The third-order valence-electron chi connectivity index (χ3n) is 3.40. The molecule has 2 aromatic rings. The number of hydrogen-bond acceptors (Lipinski definition) is 3. The van der Waals surface area contributed by atoms with Crippen LogP contribution < -0.4 is 5.32 Å². The van der Waals surface area contributed by atoms with Crippen molar-refractivity contribution in [2.24, 2.45) is 0 Å². The molecule has 0 aliphatic rings. The lowest BCUT2D eigenvalue weighted by atomic mass is 10.1. The normalized spacial score (nSPS) is 12.3. The lowest BCUT2D eigenvalue weighted by Crippen LogP contribution is -2.21. The number of hydrogen-bond donors (Lipinski definition) is 1. The summed E-state index contributed by atoms with van der Waals surface area (Å²) in [5.74, 6) is 0.